The SMILES string of the molecule is CC(C)(C)P(Cl)N1CCOCC1. The Hall–Kier alpha value is 0.640. The Balaban J connectivity index is 2.45. The van der Waals surface area contributed by atoms with Crippen molar-refractivity contribution in [2.24, 2.45) is 0 Å². The number of hydrogen-bond donors (Lipinski definition) is 0. The van der Waals surface area contributed by atoms with E-state index in [0.717, 1.165) is 26.3 Å². The van der Waals surface area contributed by atoms with E-state index in [1.807, 2.05) is 0 Å². The summed E-state index contributed by atoms with van der Waals surface area (Å²) in [5.74, 6) is 0. The van der Waals surface area contributed by atoms with Crippen LogP contribution < -0.4 is 0 Å². The van der Waals surface area contributed by atoms with E-state index in [9.17, 15) is 0 Å². The minimum atomic E-state index is -0.514. The lowest BCUT2D eigenvalue weighted by Gasteiger charge is -2.37. The number of nitrogens with zero attached hydrogens (tertiary/aromatic N) is 1. The third kappa shape index (κ3) is 2.85. The molecule has 0 N–H and O–H groups in total. The molecule has 0 aromatic rings. The van der Waals surface area contributed by atoms with Crippen molar-refractivity contribution in [3.63, 3.8) is 0 Å². The molecule has 1 rings (SSSR count). The Morgan fingerprint density at radius 2 is 1.75 bits per heavy atom. The molecule has 0 bridgehead atoms. The first kappa shape index (κ1) is 10.7. The van der Waals surface area contributed by atoms with Crippen molar-refractivity contribution in [2.45, 2.75) is 25.9 Å². The minimum absolute atomic E-state index is 0.216. The van der Waals surface area contributed by atoms with Gasteiger partial charge >= 0.3 is 0 Å². The van der Waals surface area contributed by atoms with E-state index in [0.29, 0.717) is 0 Å². The van der Waals surface area contributed by atoms with Crippen LogP contribution in [0, 0.1) is 0 Å². The van der Waals surface area contributed by atoms with Crippen molar-refractivity contribution in [3.05, 3.63) is 0 Å². The molecule has 0 aromatic carbocycles. The van der Waals surface area contributed by atoms with Gasteiger partial charge in [0.05, 0.1) is 20.6 Å². The van der Waals surface area contributed by atoms with Gasteiger partial charge in [-0.2, -0.15) is 0 Å². The van der Waals surface area contributed by atoms with E-state index >= 15 is 0 Å². The van der Waals surface area contributed by atoms with Crippen molar-refractivity contribution in [2.75, 3.05) is 26.3 Å². The lowest BCUT2D eigenvalue weighted by Crippen LogP contribution is -2.35. The van der Waals surface area contributed by atoms with Crippen LogP contribution in [-0.2, 0) is 4.74 Å². The molecule has 12 heavy (non-hydrogen) atoms. The van der Waals surface area contributed by atoms with Crippen molar-refractivity contribution in [1.82, 2.24) is 4.67 Å². The van der Waals surface area contributed by atoms with Crippen LogP contribution >= 0.6 is 18.7 Å². The Morgan fingerprint density at radius 1 is 1.25 bits per heavy atom. The van der Waals surface area contributed by atoms with Gasteiger partial charge in [-0.25, -0.2) is 0 Å². The number of rotatable bonds is 1. The van der Waals surface area contributed by atoms with Gasteiger partial charge in [-0.3, -0.25) is 4.67 Å². The van der Waals surface area contributed by atoms with Crippen LogP contribution in [0.25, 0.3) is 0 Å². The average Bonchev–Trinajstić information content (AvgIpc) is 2.03. The molecule has 1 atom stereocenters. The fourth-order valence-electron chi connectivity index (χ4n) is 1.15. The van der Waals surface area contributed by atoms with Gasteiger partial charge in [0.25, 0.3) is 0 Å². The lowest BCUT2D eigenvalue weighted by atomic mass is 10.3. The molecule has 1 unspecified atom stereocenters. The molecule has 1 aliphatic rings. The Morgan fingerprint density at radius 3 is 2.17 bits per heavy atom. The second-order valence-electron chi connectivity index (χ2n) is 4.00. The van der Waals surface area contributed by atoms with Crippen LogP contribution in [0.3, 0.4) is 0 Å². The van der Waals surface area contributed by atoms with Crippen molar-refractivity contribution in [1.29, 1.82) is 0 Å². The zero-order valence-corrected chi connectivity index (χ0v) is 9.66. The van der Waals surface area contributed by atoms with Gasteiger partial charge in [0.15, 0.2) is 0 Å². The first-order valence-electron chi connectivity index (χ1n) is 4.30. The maximum atomic E-state index is 6.37. The predicted octanol–water partition coefficient (Wildman–Crippen LogP) is 2.67. The largest absolute Gasteiger partial charge is 0.379 e. The molecule has 0 spiro atoms. The molecule has 0 aliphatic carbocycles. The quantitative estimate of drug-likeness (QED) is 0.616. The highest BCUT2D eigenvalue weighted by molar-refractivity contribution is 7.83. The number of hydrogen-bond acceptors (Lipinski definition) is 2. The summed E-state index contributed by atoms with van der Waals surface area (Å²) in [6.07, 6.45) is 0. The molecule has 1 saturated heterocycles. The summed E-state index contributed by atoms with van der Waals surface area (Å²) in [6.45, 7) is 10.2. The maximum absolute atomic E-state index is 6.37. The smallest absolute Gasteiger partial charge is 0.0683 e. The molecule has 0 amide bonds. The number of morpholine rings is 1. The summed E-state index contributed by atoms with van der Waals surface area (Å²) < 4.78 is 7.62. The van der Waals surface area contributed by atoms with Gasteiger partial charge in [0.2, 0.25) is 0 Å². The molecule has 72 valence electrons. The van der Waals surface area contributed by atoms with Crippen molar-refractivity contribution < 1.29 is 4.74 Å². The molecule has 1 fully saturated rings. The van der Waals surface area contributed by atoms with E-state index in [-0.39, 0.29) is 5.16 Å². The third-order valence-corrected chi connectivity index (χ3v) is 5.96. The molecule has 4 heteroatoms. The van der Waals surface area contributed by atoms with Gasteiger partial charge in [-0.15, -0.1) is 0 Å². The Labute approximate surface area is 80.8 Å². The molecule has 1 heterocycles. The topological polar surface area (TPSA) is 12.5 Å². The lowest BCUT2D eigenvalue weighted by molar-refractivity contribution is 0.0748. The third-order valence-electron chi connectivity index (χ3n) is 1.79. The highest BCUT2D eigenvalue weighted by Crippen LogP contribution is 2.56. The van der Waals surface area contributed by atoms with Crippen LogP contribution in [0.4, 0.5) is 0 Å². The van der Waals surface area contributed by atoms with Gasteiger partial charge < -0.3 is 4.74 Å². The average molecular weight is 210 g/mol. The summed E-state index contributed by atoms with van der Waals surface area (Å²) in [6, 6.07) is 0. The minimum Gasteiger partial charge on any atom is -0.379 e. The highest BCUT2D eigenvalue weighted by atomic mass is 35.7. The molecule has 0 aromatic heterocycles. The summed E-state index contributed by atoms with van der Waals surface area (Å²) in [4.78, 5) is 0. The second-order valence-corrected chi connectivity index (χ2v) is 7.39. The van der Waals surface area contributed by atoms with E-state index in [1.54, 1.807) is 0 Å². The molecule has 2 nitrogen and oxygen atoms in total. The van der Waals surface area contributed by atoms with Gasteiger partial charge in [-0.05, 0) is 0 Å². The monoisotopic (exact) mass is 209 g/mol. The molecule has 1 aliphatic heterocycles. The van der Waals surface area contributed by atoms with E-state index < -0.39 is 7.43 Å². The molecular weight excluding hydrogens is 193 g/mol. The van der Waals surface area contributed by atoms with Crippen LogP contribution in [-0.4, -0.2) is 36.1 Å². The van der Waals surface area contributed by atoms with E-state index in [2.05, 4.69) is 25.4 Å². The fraction of sp³-hybridized carbons (Fsp3) is 1.00. The van der Waals surface area contributed by atoms with Gasteiger partial charge in [-0.1, -0.05) is 32.0 Å². The van der Waals surface area contributed by atoms with E-state index in [1.165, 1.54) is 0 Å². The summed E-state index contributed by atoms with van der Waals surface area (Å²) in [5, 5.41) is 0.216. The second kappa shape index (κ2) is 4.23. The Bertz CT molecular complexity index is 142. The van der Waals surface area contributed by atoms with Crippen LogP contribution in [0.2, 0.25) is 0 Å². The summed E-state index contributed by atoms with van der Waals surface area (Å²) in [7, 11) is -0.514. The van der Waals surface area contributed by atoms with Crippen molar-refractivity contribution >= 4 is 18.7 Å². The molecule has 0 radical (unpaired) electrons. The first-order chi connectivity index (χ1) is 5.52. The Kier molecular flexibility index (Phi) is 3.78. The highest BCUT2D eigenvalue weighted by Gasteiger charge is 2.29. The normalized spacial score (nSPS) is 24.0. The molecular formula is C8H17ClNOP. The van der Waals surface area contributed by atoms with Crippen LogP contribution in [0.15, 0.2) is 0 Å². The van der Waals surface area contributed by atoms with Crippen molar-refractivity contribution in [3.8, 4) is 0 Å². The maximum Gasteiger partial charge on any atom is 0.0683 e. The zero-order valence-electron chi connectivity index (χ0n) is 8.01. The standard InChI is InChI=1S/C8H17ClNOP/c1-8(2,3)12(9)10-4-6-11-7-5-10/h4-7H2,1-3H3. The van der Waals surface area contributed by atoms with Gasteiger partial charge in [0.1, 0.15) is 0 Å². The fourth-order valence-corrected chi connectivity index (χ4v) is 2.97. The van der Waals surface area contributed by atoms with E-state index in [4.69, 9.17) is 16.0 Å². The molecule has 0 saturated carbocycles. The van der Waals surface area contributed by atoms with Crippen LogP contribution in [0.1, 0.15) is 20.8 Å². The predicted molar refractivity (Wildman–Crippen MR) is 54.9 cm³/mol. The first-order valence-corrected chi connectivity index (χ1v) is 6.50. The zero-order chi connectivity index (χ0) is 9.19. The number of halogens is 1. The van der Waals surface area contributed by atoms with Crippen LogP contribution in [0.5, 0.6) is 0 Å². The summed E-state index contributed by atoms with van der Waals surface area (Å²) in [5.41, 5.74) is 0. The number of ether oxygens (including phenoxy) is 1. The van der Waals surface area contributed by atoms with Gasteiger partial charge in [0, 0.05) is 18.2 Å². The summed E-state index contributed by atoms with van der Waals surface area (Å²) >= 11 is 6.37.